The van der Waals surface area contributed by atoms with Gasteiger partial charge in [0.2, 0.25) is 0 Å². The van der Waals surface area contributed by atoms with Crippen molar-refractivity contribution in [3.63, 3.8) is 0 Å². The first kappa shape index (κ1) is 9.60. The van der Waals surface area contributed by atoms with E-state index >= 15 is 0 Å². The van der Waals surface area contributed by atoms with Gasteiger partial charge in [-0.2, -0.15) is 0 Å². The van der Waals surface area contributed by atoms with Crippen LogP contribution in [0.3, 0.4) is 0 Å². The van der Waals surface area contributed by atoms with Gasteiger partial charge in [-0.3, -0.25) is 0 Å². The number of benzene rings is 1. The molecule has 1 aliphatic heterocycles. The predicted molar refractivity (Wildman–Crippen MR) is 63.4 cm³/mol. The molecule has 0 atom stereocenters. The second-order valence-electron chi connectivity index (χ2n) is 3.84. The molecule has 3 nitrogen and oxygen atoms in total. The number of fused-ring (bicyclic) bond motifs is 1. The fourth-order valence-electron chi connectivity index (χ4n) is 1.97. The molecule has 16 heavy (non-hydrogen) atoms. The molecule has 0 unspecified atom stereocenters. The first-order valence-electron chi connectivity index (χ1n) is 5.14. The van der Waals surface area contributed by atoms with Crippen LogP contribution in [0.25, 0.3) is 0 Å². The summed E-state index contributed by atoms with van der Waals surface area (Å²) in [7, 11) is 0. The standard InChI is InChI=1S/C12H10ClN3/c13-11-5-6-12(15-14-11)16-7-9-3-1-2-4-10(9)8-16/h1-6H,7-8H2. The summed E-state index contributed by atoms with van der Waals surface area (Å²) in [5, 5.41) is 8.38. The van der Waals surface area contributed by atoms with Gasteiger partial charge in [0.25, 0.3) is 0 Å². The average Bonchev–Trinajstić information content (AvgIpc) is 2.73. The van der Waals surface area contributed by atoms with E-state index in [1.807, 2.05) is 6.07 Å². The van der Waals surface area contributed by atoms with E-state index in [0.717, 1.165) is 18.9 Å². The van der Waals surface area contributed by atoms with Gasteiger partial charge in [0.1, 0.15) is 0 Å². The third kappa shape index (κ3) is 1.63. The fraction of sp³-hybridized carbons (Fsp3) is 0.167. The maximum absolute atomic E-state index is 5.72. The van der Waals surface area contributed by atoms with Gasteiger partial charge in [0.15, 0.2) is 11.0 Å². The summed E-state index contributed by atoms with van der Waals surface area (Å²) in [6.45, 7) is 1.79. The van der Waals surface area contributed by atoms with Gasteiger partial charge < -0.3 is 4.90 Å². The van der Waals surface area contributed by atoms with E-state index in [1.54, 1.807) is 6.07 Å². The quantitative estimate of drug-likeness (QED) is 0.756. The molecule has 80 valence electrons. The van der Waals surface area contributed by atoms with Crippen LogP contribution in [-0.2, 0) is 13.1 Å². The van der Waals surface area contributed by atoms with Gasteiger partial charge >= 0.3 is 0 Å². The van der Waals surface area contributed by atoms with E-state index in [4.69, 9.17) is 11.6 Å². The summed E-state index contributed by atoms with van der Waals surface area (Å²) in [6, 6.07) is 12.1. The van der Waals surface area contributed by atoms with E-state index in [2.05, 4.69) is 39.4 Å². The van der Waals surface area contributed by atoms with Gasteiger partial charge in [-0.15, -0.1) is 10.2 Å². The number of aromatic nitrogens is 2. The second kappa shape index (κ2) is 3.76. The number of rotatable bonds is 1. The monoisotopic (exact) mass is 231 g/mol. The Morgan fingerprint density at radius 2 is 1.62 bits per heavy atom. The topological polar surface area (TPSA) is 29.0 Å². The Bertz CT molecular complexity index is 485. The normalized spacial score (nSPS) is 13.9. The molecular weight excluding hydrogens is 222 g/mol. The highest BCUT2D eigenvalue weighted by molar-refractivity contribution is 6.29. The minimum Gasteiger partial charge on any atom is -0.346 e. The molecule has 3 rings (SSSR count). The molecule has 2 heterocycles. The Morgan fingerprint density at radius 1 is 0.938 bits per heavy atom. The van der Waals surface area contributed by atoms with Crippen molar-refractivity contribution < 1.29 is 0 Å². The summed E-state index contributed by atoms with van der Waals surface area (Å²) >= 11 is 5.72. The third-order valence-electron chi connectivity index (χ3n) is 2.78. The zero-order valence-corrected chi connectivity index (χ0v) is 9.35. The molecule has 0 bridgehead atoms. The number of hydrogen-bond acceptors (Lipinski definition) is 3. The molecule has 0 saturated heterocycles. The Hall–Kier alpha value is -1.61. The molecule has 0 radical (unpaired) electrons. The van der Waals surface area contributed by atoms with Crippen LogP contribution < -0.4 is 4.90 Å². The third-order valence-corrected chi connectivity index (χ3v) is 2.98. The van der Waals surface area contributed by atoms with Crippen LogP contribution in [0, 0.1) is 0 Å². The average molecular weight is 232 g/mol. The maximum Gasteiger partial charge on any atom is 0.151 e. The number of hydrogen-bond donors (Lipinski definition) is 0. The van der Waals surface area contributed by atoms with Crippen molar-refractivity contribution in [2.75, 3.05) is 4.90 Å². The van der Waals surface area contributed by atoms with Gasteiger partial charge in [0, 0.05) is 13.1 Å². The lowest BCUT2D eigenvalue weighted by atomic mass is 10.1. The molecule has 1 aromatic carbocycles. The lowest BCUT2D eigenvalue weighted by molar-refractivity contribution is 0.831. The molecule has 1 aliphatic rings. The summed E-state index contributed by atoms with van der Waals surface area (Å²) in [4.78, 5) is 2.19. The summed E-state index contributed by atoms with van der Waals surface area (Å²) < 4.78 is 0. The molecule has 0 aliphatic carbocycles. The van der Waals surface area contributed by atoms with Crippen molar-refractivity contribution in [1.82, 2.24) is 10.2 Å². The van der Waals surface area contributed by atoms with E-state index in [0.29, 0.717) is 5.15 Å². The number of nitrogens with zero attached hydrogens (tertiary/aromatic N) is 3. The van der Waals surface area contributed by atoms with E-state index < -0.39 is 0 Å². The first-order chi connectivity index (χ1) is 7.83. The molecule has 1 aromatic heterocycles. The highest BCUT2D eigenvalue weighted by Gasteiger charge is 2.19. The van der Waals surface area contributed by atoms with Crippen LogP contribution in [0.5, 0.6) is 0 Å². The molecule has 4 heteroatoms. The Labute approximate surface area is 98.7 Å². The van der Waals surface area contributed by atoms with Gasteiger partial charge in [0.05, 0.1) is 0 Å². The Morgan fingerprint density at radius 3 is 2.19 bits per heavy atom. The van der Waals surface area contributed by atoms with Crippen molar-refractivity contribution in [2.24, 2.45) is 0 Å². The van der Waals surface area contributed by atoms with Crippen molar-refractivity contribution in [3.05, 3.63) is 52.7 Å². The van der Waals surface area contributed by atoms with E-state index in [1.165, 1.54) is 11.1 Å². The highest BCUT2D eigenvalue weighted by atomic mass is 35.5. The Balaban J connectivity index is 1.88. The maximum atomic E-state index is 5.72. The molecule has 0 N–H and O–H groups in total. The van der Waals surface area contributed by atoms with E-state index in [-0.39, 0.29) is 0 Å². The largest absolute Gasteiger partial charge is 0.346 e. The highest BCUT2D eigenvalue weighted by Crippen LogP contribution is 2.26. The SMILES string of the molecule is Clc1ccc(N2Cc3ccccc3C2)nn1. The van der Waals surface area contributed by atoms with Gasteiger partial charge in [-0.25, -0.2) is 0 Å². The molecule has 0 spiro atoms. The second-order valence-corrected chi connectivity index (χ2v) is 4.23. The summed E-state index contributed by atoms with van der Waals surface area (Å²) in [5.41, 5.74) is 2.72. The molecule has 0 fully saturated rings. The fourth-order valence-corrected chi connectivity index (χ4v) is 2.07. The van der Waals surface area contributed by atoms with Crippen molar-refractivity contribution >= 4 is 17.4 Å². The molecule has 0 saturated carbocycles. The van der Waals surface area contributed by atoms with Crippen molar-refractivity contribution in [1.29, 1.82) is 0 Å². The van der Waals surface area contributed by atoms with Crippen LogP contribution in [0.15, 0.2) is 36.4 Å². The lowest BCUT2D eigenvalue weighted by Crippen LogP contribution is -2.16. The minimum atomic E-state index is 0.431. The predicted octanol–water partition coefficient (Wildman–Crippen LogP) is 2.65. The van der Waals surface area contributed by atoms with Crippen molar-refractivity contribution in [3.8, 4) is 0 Å². The van der Waals surface area contributed by atoms with Crippen LogP contribution >= 0.6 is 11.6 Å². The summed E-state index contributed by atoms with van der Waals surface area (Å²) in [6.07, 6.45) is 0. The zero-order valence-electron chi connectivity index (χ0n) is 8.60. The number of anilines is 1. The molecule has 0 amide bonds. The Kier molecular flexibility index (Phi) is 2.26. The van der Waals surface area contributed by atoms with Crippen LogP contribution in [0.2, 0.25) is 5.15 Å². The molecular formula is C12H10ClN3. The zero-order chi connectivity index (χ0) is 11.0. The lowest BCUT2D eigenvalue weighted by Gasteiger charge is -2.14. The van der Waals surface area contributed by atoms with Crippen LogP contribution in [-0.4, -0.2) is 10.2 Å². The summed E-state index contributed by atoms with van der Waals surface area (Å²) in [5.74, 6) is 0.876. The minimum absolute atomic E-state index is 0.431. The first-order valence-corrected chi connectivity index (χ1v) is 5.52. The number of halogens is 1. The van der Waals surface area contributed by atoms with E-state index in [9.17, 15) is 0 Å². The van der Waals surface area contributed by atoms with Gasteiger partial charge in [-0.1, -0.05) is 35.9 Å². The smallest absolute Gasteiger partial charge is 0.151 e. The van der Waals surface area contributed by atoms with Crippen LogP contribution in [0.1, 0.15) is 11.1 Å². The van der Waals surface area contributed by atoms with Gasteiger partial charge in [-0.05, 0) is 23.3 Å². The van der Waals surface area contributed by atoms with Crippen LogP contribution in [0.4, 0.5) is 5.82 Å². The van der Waals surface area contributed by atoms with Crippen molar-refractivity contribution in [2.45, 2.75) is 13.1 Å². The molecule has 2 aromatic rings.